The van der Waals surface area contributed by atoms with Gasteiger partial charge in [-0.1, -0.05) is 31.3 Å². The number of unbranched alkanes of at least 4 members (excludes halogenated alkanes) is 3. The molecule has 0 unspecified atom stereocenters. The van der Waals surface area contributed by atoms with E-state index in [9.17, 15) is 4.79 Å². The molecule has 0 saturated carbocycles. The first kappa shape index (κ1) is 15.3. The van der Waals surface area contributed by atoms with E-state index in [4.69, 9.17) is 8.94 Å². The summed E-state index contributed by atoms with van der Waals surface area (Å²) in [7, 11) is 0. The van der Waals surface area contributed by atoms with Crippen LogP contribution < -0.4 is 5.32 Å². The van der Waals surface area contributed by atoms with Crippen molar-refractivity contribution in [2.24, 2.45) is 0 Å². The molecular formula is C15H21N3O3. The summed E-state index contributed by atoms with van der Waals surface area (Å²) in [6.07, 6.45) is 6.95. The molecule has 0 aliphatic heterocycles. The zero-order valence-electron chi connectivity index (χ0n) is 12.3. The molecule has 6 heteroatoms. The number of rotatable bonds is 9. The molecule has 21 heavy (non-hydrogen) atoms. The van der Waals surface area contributed by atoms with Crippen LogP contribution in [0.4, 0.5) is 0 Å². The lowest BCUT2D eigenvalue weighted by molar-refractivity contribution is -0.121. The molecule has 0 saturated heterocycles. The Bertz CT molecular complexity index is 534. The Hall–Kier alpha value is -2.11. The van der Waals surface area contributed by atoms with Crippen LogP contribution in [-0.2, 0) is 11.2 Å². The zero-order valence-corrected chi connectivity index (χ0v) is 12.3. The molecule has 0 radical (unpaired) electrons. The number of amides is 1. The largest absolute Gasteiger partial charge is 0.461 e. The van der Waals surface area contributed by atoms with E-state index in [1.165, 1.54) is 12.8 Å². The minimum absolute atomic E-state index is 0.0178. The predicted molar refractivity (Wildman–Crippen MR) is 77.5 cm³/mol. The highest BCUT2D eigenvalue weighted by molar-refractivity contribution is 5.75. The van der Waals surface area contributed by atoms with Crippen LogP contribution >= 0.6 is 0 Å². The van der Waals surface area contributed by atoms with Crippen molar-refractivity contribution in [3.63, 3.8) is 0 Å². The summed E-state index contributed by atoms with van der Waals surface area (Å²) < 4.78 is 10.3. The normalized spacial score (nSPS) is 10.7. The number of aromatic nitrogens is 2. The topological polar surface area (TPSA) is 81.2 Å². The Morgan fingerprint density at radius 1 is 1.33 bits per heavy atom. The van der Waals surface area contributed by atoms with Crippen LogP contribution in [0.15, 0.2) is 27.3 Å². The second kappa shape index (κ2) is 8.24. The van der Waals surface area contributed by atoms with Crippen LogP contribution in [-0.4, -0.2) is 22.6 Å². The van der Waals surface area contributed by atoms with Crippen LogP contribution in [0.2, 0.25) is 0 Å². The van der Waals surface area contributed by atoms with Crippen molar-refractivity contribution in [2.75, 3.05) is 6.54 Å². The van der Waals surface area contributed by atoms with E-state index in [2.05, 4.69) is 22.4 Å². The second-order valence-corrected chi connectivity index (χ2v) is 4.90. The highest BCUT2D eigenvalue weighted by Crippen LogP contribution is 2.16. The quantitative estimate of drug-likeness (QED) is 0.718. The van der Waals surface area contributed by atoms with E-state index in [-0.39, 0.29) is 5.91 Å². The lowest BCUT2D eigenvalue weighted by atomic mass is 10.2. The summed E-state index contributed by atoms with van der Waals surface area (Å²) in [5.74, 6) is 1.44. The summed E-state index contributed by atoms with van der Waals surface area (Å²) in [6.45, 7) is 2.90. The number of nitrogens with zero attached hydrogens (tertiary/aromatic N) is 2. The van der Waals surface area contributed by atoms with Gasteiger partial charge in [-0.3, -0.25) is 4.79 Å². The SMILES string of the molecule is CCCCCCNC(=O)CCc1nc(-c2ccco2)no1. The molecule has 0 fully saturated rings. The van der Waals surface area contributed by atoms with Crippen molar-refractivity contribution in [3.05, 3.63) is 24.3 Å². The smallest absolute Gasteiger partial charge is 0.238 e. The third kappa shape index (κ3) is 5.06. The molecular weight excluding hydrogens is 270 g/mol. The molecule has 0 spiro atoms. The molecule has 0 aliphatic rings. The van der Waals surface area contributed by atoms with Crippen molar-refractivity contribution < 1.29 is 13.7 Å². The fraction of sp³-hybridized carbons (Fsp3) is 0.533. The third-order valence-corrected chi connectivity index (χ3v) is 3.13. The second-order valence-electron chi connectivity index (χ2n) is 4.90. The minimum Gasteiger partial charge on any atom is -0.461 e. The number of nitrogens with one attached hydrogen (secondary N) is 1. The first-order valence-corrected chi connectivity index (χ1v) is 7.42. The lowest BCUT2D eigenvalue weighted by Crippen LogP contribution is -2.24. The van der Waals surface area contributed by atoms with Gasteiger partial charge in [-0.25, -0.2) is 0 Å². The van der Waals surface area contributed by atoms with Crippen LogP contribution in [0.5, 0.6) is 0 Å². The molecule has 0 aromatic carbocycles. The molecule has 6 nitrogen and oxygen atoms in total. The third-order valence-electron chi connectivity index (χ3n) is 3.13. The van der Waals surface area contributed by atoms with Crippen LogP contribution in [0.25, 0.3) is 11.6 Å². The summed E-state index contributed by atoms with van der Waals surface area (Å²) in [6, 6.07) is 3.52. The number of furan rings is 1. The zero-order chi connectivity index (χ0) is 14.9. The maximum Gasteiger partial charge on any atom is 0.238 e. The van der Waals surface area contributed by atoms with E-state index < -0.39 is 0 Å². The fourth-order valence-electron chi connectivity index (χ4n) is 1.95. The maximum atomic E-state index is 11.7. The van der Waals surface area contributed by atoms with Crippen molar-refractivity contribution in [3.8, 4) is 11.6 Å². The number of aryl methyl sites for hydroxylation is 1. The minimum atomic E-state index is 0.0178. The average Bonchev–Trinajstić information content (AvgIpc) is 3.15. The molecule has 0 aliphatic carbocycles. The summed E-state index contributed by atoms with van der Waals surface area (Å²) in [5, 5.41) is 6.72. The standard InChI is InChI=1S/C15H21N3O3/c1-2-3-4-5-10-16-13(19)8-9-14-17-15(18-21-14)12-7-6-11-20-12/h6-7,11H,2-5,8-10H2,1H3,(H,16,19). The van der Waals surface area contributed by atoms with Crippen LogP contribution in [0, 0.1) is 0 Å². The van der Waals surface area contributed by atoms with Gasteiger partial charge in [-0.15, -0.1) is 0 Å². The van der Waals surface area contributed by atoms with Gasteiger partial charge < -0.3 is 14.3 Å². The van der Waals surface area contributed by atoms with E-state index in [0.717, 1.165) is 19.4 Å². The Labute approximate surface area is 123 Å². The van der Waals surface area contributed by atoms with Crippen LogP contribution in [0.3, 0.4) is 0 Å². The molecule has 0 atom stereocenters. The van der Waals surface area contributed by atoms with Gasteiger partial charge in [0.25, 0.3) is 0 Å². The van der Waals surface area contributed by atoms with Crippen molar-refractivity contribution >= 4 is 5.91 Å². The van der Waals surface area contributed by atoms with E-state index in [1.54, 1.807) is 18.4 Å². The van der Waals surface area contributed by atoms with Gasteiger partial charge in [0, 0.05) is 19.4 Å². The lowest BCUT2D eigenvalue weighted by Gasteiger charge is -2.03. The van der Waals surface area contributed by atoms with Crippen LogP contribution in [0.1, 0.15) is 44.9 Å². The predicted octanol–water partition coefficient (Wildman–Crippen LogP) is 2.96. The summed E-state index contributed by atoms with van der Waals surface area (Å²) >= 11 is 0. The average molecular weight is 291 g/mol. The molecule has 2 heterocycles. The van der Waals surface area contributed by atoms with E-state index in [1.807, 2.05) is 0 Å². The Morgan fingerprint density at radius 2 is 2.24 bits per heavy atom. The Kier molecular flexibility index (Phi) is 5.99. The monoisotopic (exact) mass is 291 g/mol. The Balaban J connectivity index is 1.67. The van der Waals surface area contributed by atoms with Crippen molar-refractivity contribution in [1.29, 1.82) is 0 Å². The summed E-state index contributed by atoms with van der Waals surface area (Å²) in [5.41, 5.74) is 0. The maximum absolute atomic E-state index is 11.7. The van der Waals surface area contributed by atoms with E-state index >= 15 is 0 Å². The fourth-order valence-corrected chi connectivity index (χ4v) is 1.95. The first-order valence-electron chi connectivity index (χ1n) is 7.42. The highest BCUT2D eigenvalue weighted by atomic mass is 16.5. The number of carbonyl (C=O) groups excluding carboxylic acids is 1. The molecule has 1 N–H and O–H groups in total. The van der Waals surface area contributed by atoms with Crippen molar-refractivity contribution in [1.82, 2.24) is 15.5 Å². The molecule has 2 aromatic heterocycles. The number of carbonyl (C=O) groups is 1. The highest BCUT2D eigenvalue weighted by Gasteiger charge is 2.11. The van der Waals surface area contributed by atoms with Gasteiger partial charge in [0.15, 0.2) is 5.76 Å². The number of hydrogen-bond acceptors (Lipinski definition) is 5. The molecule has 2 aromatic rings. The molecule has 114 valence electrons. The van der Waals surface area contributed by atoms with E-state index in [0.29, 0.717) is 30.3 Å². The van der Waals surface area contributed by atoms with Gasteiger partial charge in [0.05, 0.1) is 6.26 Å². The molecule has 0 bridgehead atoms. The van der Waals surface area contributed by atoms with Crippen molar-refractivity contribution in [2.45, 2.75) is 45.4 Å². The molecule has 2 rings (SSSR count). The van der Waals surface area contributed by atoms with Gasteiger partial charge in [-0.05, 0) is 18.6 Å². The van der Waals surface area contributed by atoms with Gasteiger partial charge >= 0.3 is 0 Å². The first-order chi connectivity index (χ1) is 10.3. The summed E-state index contributed by atoms with van der Waals surface area (Å²) in [4.78, 5) is 15.9. The number of hydrogen-bond donors (Lipinski definition) is 1. The van der Waals surface area contributed by atoms with Gasteiger partial charge in [-0.2, -0.15) is 4.98 Å². The Morgan fingerprint density at radius 3 is 3.00 bits per heavy atom. The van der Waals surface area contributed by atoms with Gasteiger partial charge in [0.1, 0.15) is 0 Å². The van der Waals surface area contributed by atoms with Gasteiger partial charge in [0.2, 0.25) is 17.6 Å². The molecule has 1 amide bonds.